The van der Waals surface area contributed by atoms with Gasteiger partial charge < -0.3 is 10.6 Å². The molecular formula is C13H13F3N2OS. The molecule has 0 saturated carbocycles. The SMILES string of the molecule is NC(=S)c1cc(C(F)(F)F)ccc1N1CCCCC1=O. The largest absolute Gasteiger partial charge is 0.416 e. The van der Waals surface area contributed by atoms with Gasteiger partial charge in [-0.25, -0.2) is 0 Å². The van der Waals surface area contributed by atoms with Gasteiger partial charge in [-0.3, -0.25) is 4.79 Å². The third-order valence-electron chi connectivity index (χ3n) is 3.20. The summed E-state index contributed by atoms with van der Waals surface area (Å²) in [6.45, 7) is 0.472. The van der Waals surface area contributed by atoms with Crippen LogP contribution in [-0.4, -0.2) is 17.4 Å². The van der Waals surface area contributed by atoms with Crippen molar-refractivity contribution in [2.75, 3.05) is 11.4 Å². The van der Waals surface area contributed by atoms with Crippen molar-refractivity contribution in [2.24, 2.45) is 5.73 Å². The summed E-state index contributed by atoms with van der Waals surface area (Å²) < 4.78 is 38.2. The molecule has 7 heteroatoms. The fraction of sp³-hybridized carbons (Fsp3) is 0.385. The van der Waals surface area contributed by atoms with Crippen molar-refractivity contribution < 1.29 is 18.0 Å². The highest BCUT2D eigenvalue weighted by Gasteiger charge is 2.32. The molecule has 20 heavy (non-hydrogen) atoms. The van der Waals surface area contributed by atoms with Crippen LogP contribution in [0.2, 0.25) is 0 Å². The molecular weight excluding hydrogens is 289 g/mol. The maximum absolute atomic E-state index is 12.7. The second-order valence-electron chi connectivity index (χ2n) is 4.60. The molecule has 108 valence electrons. The van der Waals surface area contributed by atoms with Gasteiger partial charge in [-0.2, -0.15) is 13.2 Å². The summed E-state index contributed by atoms with van der Waals surface area (Å²) >= 11 is 4.81. The fourth-order valence-corrected chi connectivity index (χ4v) is 2.37. The Kier molecular flexibility index (Phi) is 3.99. The summed E-state index contributed by atoms with van der Waals surface area (Å²) in [5.74, 6) is -0.117. The van der Waals surface area contributed by atoms with E-state index < -0.39 is 11.7 Å². The summed E-state index contributed by atoms with van der Waals surface area (Å²) in [5.41, 5.74) is 5.12. The number of carbonyl (C=O) groups excluding carboxylic acids is 1. The van der Waals surface area contributed by atoms with Gasteiger partial charge in [0, 0.05) is 18.5 Å². The average Bonchev–Trinajstić information content (AvgIpc) is 2.37. The summed E-state index contributed by atoms with van der Waals surface area (Å²) in [6, 6.07) is 3.11. The first-order chi connectivity index (χ1) is 9.30. The Hall–Kier alpha value is -1.63. The van der Waals surface area contributed by atoms with E-state index in [1.54, 1.807) is 0 Å². The van der Waals surface area contributed by atoms with Crippen LogP contribution in [0.1, 0.15) is 30.4 Å². The molecule has 0 unspecified atom stereocenters. The maximum Gasteiger partial charge on any atom is 0.416 e. The fourth-order valence-electron chi connectivity index (χ4n) is 2.21. The molecule has 0 bridgehead atoms. The Morgan fingerprint density at radius 3 is 2.55 bits per heavy atom. The molecule has 2 rings (SSSR count). The van der Waals surface area contributed by atoms with Gasteiger partial charge in [0.15, 0.2) is 0 Å². The minimum absolute atomic E-state index is 0.0880. The Bertz CT molecular complexity index is 557. The lowest BCUT2D eigenvalue weighted by Crippen LogP contribution is -2.36. The van der Waals surface area contributed by atoms with E-state index in [9.17, 15) is 18.0 Å². The lowest BCUT2D eigenvalue weighted by molar-refractivity contribution is -0.137. The van der Waals surface area contributed by atoms with Crippen LogP contribution < -0.4 is 10.6 Å². The van der Waals surface area contributed by atoms with Gasteiger partial charge in [-0.05, 0) is 31.0 Å². The van der Waals surface area contributed by atoms with Gasteiger partial charge in [-0.1, -0.05) is 12.2 Å². The molecule has 1 aliphatic heterocycles. The van der Waals surface area contributed by atoms with Gasteiger partial charge in [0.2, 0.25) is 5.91 Å². The van der Waals surface area contributed by atoms with E-state index in [1.807, 2.05) is 0 Å². The summed E-state index contributed by atoms with van der Waals surface area (Å²) in [7, 11) is 0. The predicted octanol–water partition coefficient (Wildman–Crippen LogP) is 2.86. The van der Waals surface area contributed by atoms with Gasteiger partial charge in [0.05, 0.1) is 11.3 Å². The Morgan fingerprint density at radius 2 is 2.00 bits per heavy atom. The molecule has 0 spiro atoms. The highest BCUT2D eigenvalue weighted by molar-refractivity contribution is 7.80. The molecule has 0 aliphatic carbocycles. The van der Waals surface area contributed by atoms with Crippen molar-refractivity contribution in [3.05, 3.63) is 29.3 Å². The number of rotatable bonds is 2. The number of carbonyl (C=O) groups is 1. The molecule has 2 N–H and O–H groups in total. The van der Waals surface area contributed by atoms with Crippen LogP contribution in [-0.2, 0) is 11.0 Å². The second kappa shape index (κ2) is 5.40. The van der Waals surface area contributed by atoms with E-state index in [2.05, 4.69) is 0 Å². The van der Waals surface area contributed by atoms with Crippen LogP contribution >= 0.6 is 12.2 Å². The molecule has 1 aromatic carbocycles. The van der Waals surface area contributed by atoms with Crippen LogP contribution in [0.3, 0.4) is 0 Å². The van der Waals surface area contributed by atoms with Crippen molar-refractivity contribution in [3.63, 3.8) is 0 Å². The second-order valence-corrected chi connectivity index (χ2v) is 5.04. The van der Waals surface area contributed by atoms with Crippen molar-refractivity contribution in [1.82, 2.24) is 0 Å². The van der Waals surface area contributed by atoms with Crippen LogP contribution in [0, 0.1) is 0 Å². The normalized spacial score (nSPS) is 16.4. The number of hydrogen-bond acceptors (Lipinski definition) is 2. The number of piperidine rings is 1. The zero-order valence-electron chi connectivity index (χ0n) is 10.5. The Labute approximate surface area is 119 Å². The molecule has 0 atom stereocenters. The molecule has 1 heterocycles. The number of nitrogens with two attached hydrogens (primary N) is 1. The number of benzene rings is 1. The van der Waals surface area contributed by atoms with Gasteiger partial charge in [0.1, 0.15) is 4.99 Å². The molecule has 1 fully saturated rings. The quantitative estimate of drug-likeness (QED) is 0.855. The number of nitrogens with zero attached hydrogens (tertiary/aromatic N) is 1. The molecule has 1 aromatic rings. The smallest absolute Gasteiger partial charge is 0.389 e. The minimum atomic E-state index is -4.47. The highest BCUT2D eigenvalue weighted by Crippen LogP contribution is 2.33. The van der Waals surface area contributed by atoms with Crippen LogP contribution in [0.4, 0.5) is 18.9 Å². The standard InChI is InChI=1S/C13H13F3N2OS/c14-13(15,16)8-4-5-10(9(7-8)12(17)20)18-6-2-1-3-11(18)19/h4-5,7H,1-3,6H2,(H2,17,20). The van der Waals surface area contributed by atoms with E-state index in [4.69, 9.17) is 18.0 Å². The van der Waals surface area contributed by atoms with Gasteiger partial charge in [-0.15, -0.1) is 0 Å². The van der Waals surface area contributed by atoms with Crippen molar-refractivity contribution in [1.29, 1.82) is 0 Å². The first-order valence-corrected chi connectivity index (χ1v) is 6.53. The van der Waals surface area contributed by atoms with E-state index in [-0.39, 0.29) is 16.5 Å². The number of halogens is 3. The third-order valence-corrected chi connectivity index (χ3v) is 3.42. The highest BCUT2D eigenvalue weighted by atomic mass is 32.1. The molecule has 1 amide bonds. The van der Waals surface area contributed by atoms with E-state index in [1.165, 1.54) is 11.0 Å². The van der Waals surface area contributed by atoms with E-state index in [0.717, 1.165) is 25.0 Å². The lowest BCUT2D eigenvalue weighted by atomic mass is 10.0. The average molecular weight is 302 g/mol. The molecule has 3 nitrogen and oxygen atoms in total. The van der Waals surface area contributed by atoms with Crippen LogP contribution in [0.15, 0.2) is 18.2 Å². The molecule has 0 aromatic heterocycles. The summed E-state index contributed by atoms with van der Waals surface area (Å²) in [5, 5.41) is 0. The topological polar surface area (TPSA) is 46.3 Å². The maximum atomic E-state index is 12.7. The lowest BCUT2D eigenvalue weighted by Gasteiger charge is -2.29. The van der Waals surface area contributed by atoms with Crippen molar-refractivity contribution >= 4 is 28.8 Å². The Balaban J connectivity index is 2.48. The predicted molar refractivity (Wildman–Crippen MR) is 73.5 cm³/mol. The van der Waals surface area contributed by atoms with Crippen LogP contribution in [0.5, 0.6) is 0 Å². The summed E-state index contributed by atoms with van der Waals surface area (Å²) in [4.78, 5) is 13.2. The number of amides is 1. The van der Waals surface area contributed by atoms with Gasteiger partial charge in [0.25, 0.3) is 0 Å². The van der Waals surface area contributed by atoms with Gasteiger partial charge >= 0.3 is 6.18 Å². The number of anilines is 1. The Morgan fingerprint density at radius 1 is 1.30 bits per heavy atom. The number of thiocarbonyl (C=S) groups is 1. The minimum Gasteiger partial charge on any atom is -0.389 e. The van der Waals surface area contributed by atoms with Crippen molar-refractivity contribution in [3.8, 4) is 0 Å². The first kappa shape index (κ1) is 14.8. The van der Waals surface area contributed by atoms with Crippen molar-refractivity contribution in [2.45, 2.75) is 25.4 Å². The number of alkyl halides is 3. The van der Waals surface area contributed by atoms with Crippen LogP contribution in [0.25, 0.3) is 0 Å². The summed E-state index contributed by atoms with van der Waals surface area (Å²) in [6.07, 6.45) is -2.48. The van der Waals surface area contributed by atoms with E-state index >= 15 is 0 Å². The molecule has 1 aliphatic rings. The zero-order chi connectivity index (χ0) is 14.9. The monoisotopic (exact) mass is 302 g/mol. The molecule has 1 saturated heterocycles. The zero-order valence-corrected chi connectivity index (χ0v) is 11.4. The third kappa shape index (κ3) is 2.92. The number of hydrogen-bond donors (Lipinski definition) is 1. The molecule has 0 radical (unpaired) electrons. The first-order valence-electron chi connectivity index (χ1n) is 6.12. The van der Waals surface area contributed by atoms with E-state index in [0.29, 0.717) is 18.7 Å².